The zero-order valence-electron chi connectivity index (χ0n) is 9.34. The maximum Gasteiger partial charge on any atom is 0.137 e. The molecule has 0 fully saturated rings. The van der Waals surface area contributed by atoms with Gasteiger partial charge in [0.25, 0.3) is 0 Å². The monoisotopic (exact) mass is 290 g/mol. The largest absolute Gasteiger partial charge is 0.300 e. The van der Waals surface area contributed by atoms with Crippen LogP contribution < -0.4 is 0 Å². The van der Waals surface area contributed by atoms with Gasteiger partial charge in [0.1, 0.15) is 5.65 Å². The van der Waals surface area contributed by atoms with Gasteiger partial charge in [-0.2, -0.15) is 5.10 Å². The number of rotatable bonds is 2. The van der Waals surface area contributed by atoms with Crippen LogP contribution in [-0.4, -0.2) is 19.2 Å². The molecule has 3 heterocycles. The first kappa shape index (κ1) is 10.5. The molecule has 0 aromatic carbocycles. The first-order valence-corrected chi connectivity index (χ1v) is 6.22. The molecule has 0 atom stereocenters. The molecule has 4 nitrogen and oxygen atoms in total. The number of hydrogen-bond acceptors (Lipinski definition) is 2. The van der Waals surface area contributed by atoms with Crippen molar-refractivity contribution in [3.05, 3.63) is 41.4 Å². The quantitative estimate of drug-likeness (QED) is 0.727. The number of nitrogens with zero attached hydrogens (tertiary/aromatic N) is 4. The molecule has 17 heavy (non-hydrogen) atoms. The number of fused-ring (bicyclic) bond motifs is 1. The van der Waals surface area contributed by atoms with Gasteiger partial charge in [0.2, 0.25) is 0 Å². The Labute approximate surface area is 107 Å². The summed E-state index contributed by atoms with van der Waals surface area (Å²) in [6.07, 6.45) is 7.74. The normalized spacial score (nSPS) is 11.2. The lowest BCUT2D eigenvalue weighted by molar-refractivity contribution is 0.660. The first-order chi connectivity index (χ1) is 8.28. The summed E-state index contributed by atoms with van der Waals surface area (Å²) in [6, 6.07) is 4.07. The number of aryl methyl sites for hydroxylation is 1. The van der Waals surface area contributed by atoms with Gasteiger partial charge in [-0.25, -0.2) is 4.98 Å². The molecule has 86 valence electrons. The minimum atomic E-state index is 0.880. The summed E-state index contributed by atoms with van der Waals surface area (Å²) >= 11 is 3.44. The van der Waals surface area contributed by atoms with E-state index in [1.807, 2.05) is 29.3 Å². The maximum atomic E-state index is 4.34. The summed E-state index contributed by atoms with van der Waals surface area (Å²) < 4.78 is 4.94. The molecule has 0 unspecified atom stereocenters. The van der Waals surface area contributed by atoms with E-state index in [9.17, 15) is 0 Å². The Morgan fingerprint density at radius 3 is 2.88 bits per heavy atom. The van der Waals surface area contributed by atoms with E-state index >= 15 is 0 Å². The molecule has 0 saturated heterocycles. The van der Waals surface area contributed by atoms with Gasteiger partial charge in [-0.05, 0) is 35.0 Å². The van der Waals surface area contributed by atoms with Gasteiger partial charge in [0.15, 0.2) is 0 Å². The van der Waals surface area contributed by atoms with Crippen molar-refractivity contribution in [3.8, 4) is 11.3 Å². The SMILES string of the molecule is CCn1cc(-c2ccc3ncc(Br)cn23)cn1. The molecule has 3 aromatic heterocycles. The third kappa shape index (κ3) is 1.76. The lowest BCUT2D eigenvalue weighted by Crippen LogP contribution is -1.92. The smallest absolute Gasteiger partial charge is 0.137 e. The van der Waals surface area contributed by atoms with Crippen molar-refractivity contribution >= 4 is 21.6 Å². The summed E-state index contributed by atoms with van der Waals surface area (Å²) in [6.45, 7) is 2.95. The molecule has 3 aromatic rings. The van der Waals surface area contributed by atoms with Crippen LogP contribution in [-0.2, 0) is 6.54 Å². The zero-order chi connectivity index (χ0) is 11.8. The molecule has 0 saturated carbocycles. The summed E-state index contributed by atoms with van der Waals surface area (Å²) in [4.78, 5) is 4.34. The van der Waals surface area contributed by atoms with Crippen LogP contribution in [0.5, 0.6) is 0 Å². The Morgan fingerprint density at radius 2 is 2.12 bits per heavy atom. The molecule has 0 aliphatic heterocycles. The van der Waals surface area contributed by atoms with Crippen LogP contribution in [0.1, 0.15) is 6.92 Å². The topological polar surface area (TPSA) is 35.1 Å². The Morgan fingerprint density at radius 1 is 1.24 bits per heavy atom. The highest BCUT2D eigenvalue weighted by molar-refractivity contribution is 9.10. The van der Waals surface area contributed by atoms with Crippen LogP contribution in [0.15, 0.2) is 41.4 Å². The predicted molar refractivity (Wildman–Crippen MR) is 69.8 cm³/mol. The Balaban J connectivity index is 2.19. The molecule has 0 amide bonds. The first-order valence-electron chi connectivity index (χ1n) is 5.43. The van der Waals surface area contributed by atoms with Crippen molar-refractivity contribution in [1.29, 1.82) is 0 Å². The minimum absolute atomic E-state index is 0.880. The summed E-state index contributed by atoms with van der Waals surface area (Å²) in [5.74, 6) is 0. The number of aromatic nitrogens is 4. The molecular formula is C12H11BrN4. The van der Waals surface area contributed by atoms with E-state index < -0.39 is 0 Å². The van der Waals surface area contributed by atoms with Gasteiger partial charge in [-0.15, -0.1) is 0 Å². The van der Waals surface area contributed by atoms with Crippen LogP contribution in [0.2, 0.25) is 0 Å². The van der Waals surface area contributed by atoms with Gasteiger partial charge in [0.05, 0.1) is 16.4 Å². The molecule has 0 radical (unpaired) electrons. The predicted octanol–water partition coefficient (Wildman–Crippen LogP) is 2.98. The second-order valence-electron chi connectivity index (χ2n) is 3.80. The Hall–Kier alpha value is -1.62. The van der Waals surface area contributed by atoms with Crippen LogP contribution in [0.25, 0.3) is 16.9 Å². The van der Waals surface area contributed by atoms with Crippen LogP contribution in [0.3, 0.4) is 0 Å². The van der Waals surface area contributed by atoms with E-state index in [4.69, 9.17) is 0 Å². The molecule has 0 bridgehead atoms. The number of hydrogen-bond donors (Lipinski definition) is 0. The summed E-state index contributed by atoms with van der Waals surface area (Å²) in [5, 5.41) is 4.29. The van der Waals surface area contributed by atoms with Crippen LogP contribution >= 0.6 is 15.9 Å². The lowest BCUT2D eigenvalue weighted by Gasteiger charge is -2.00. The molecular weight excluding hydrogens is 280 g/mol. The van der Waals surface area contributed by atoms with Crippen molar-refractivity contribution in [2.75, 3.05) is 0 Å². The fourth-order valence-corrected chi connectivity index (χ4v) is 2.17. The highest BCUT2D eigenvalue weighted by atomic mass is 79.9. The average Bonchev–Trinajstić information content (AvgIpc) is 2.93. The molecule has 0 spiro atoms. The third-order valence-corrected chi connectivity index (χ3v) is 3.13. The summed E-state index contributed by atoms with van der Waals surface area (Å²) in [7, 11) is 0. The second kappa shape index (κ2) is 4.00. The lowest BCUT2D eigenvalue weighted by atomic mass is 10.2. The van der Waals surface area contributed by atoms with Crippen molar-refractivity contribution in [1.82, 2.24) is 19.2 Å². The summed E-state index contributed by atoms with van der Waals surface area (Å²) in [5.41, 5.74) is 3.15. The average molecular weight is 291 g/mol. The Bertz CT molecular complexity index is 668. The Kier molecular flexibility index (Phi) is 2.48. The molecule has 0 N–H and O–H groups in total. The van der Waals surface area contributed by atoms with Gasteiger partial charge >= 0.3 is 0 Å². The van der Waals surface area contributed by atoms with Crippen molar-refractivity contribution < 1.29 is 0 Å². The standard InChI is InChI=1S/C12H11BrN4/c1-2-16-7-9(5-15-16)11-3-4-12-14-6-10(13)8-17(11)12/h3-8H,2H2,1H3. The third-order valence-electron chi connectivity index (χ3n) is 2.72. The van der Waals surface area contributed by atoms with Crippen LogP contribution in [0, 0.1) is 0 Å². The highest BCUT2D eigenvalue weighted by Gasteiger charge is 2.07. The van der Waals surface area contributed by atoms with Crippen molar-refractivity contribution in [3.63, 3.8) is 0 Å². The maximum absolute atomic E-state index is 4.34. The molecule has 3 rings (SSSR count). The fourth-order valence-electron chi connectivity index (χ4n) is 1.87. The van der Waals surface area contributed by atoms with E-state index in [0.29, 0.717) is 0 Å². The van der Waals surface area contributed by atoms with E-state index in [-0.39, 0.29) is 0 Å². The minimum Gasteiger partial charge on any atom is -0.300 e. The van der Waals surface area contributed by atoms with Crippen LogP contribution in [0.4, 0.5) is 0 Å². The van der Waals surface area contributed by atoms with Crippen molar-refractivity contribution in [2.24, 2.45) is 0 Å². The van der Waals surface area contributed by atoms with E-state index in [1.165, 1.54) is 0 Å². The molecule has 0 aliphatic carbocycles. The fraction of sp³-hybridized carbons (Fsp3) is 0.167. The molecule has 5 heteroatoms. The van der Waals surface area contributed by atoms with E-state index in [1.54, 1.807) is 6.20 Å². The van der Waals surface area contributed by atoms with Gasteiger partial charge < -0.3 is 0 Å². The highest BCUT2D eigenvalue weighted by Crippen LogP contribution is 2.22. The van der Waals surface area contributed by atoms with Gasteiger partial charge in [-0.1, -0.05) is 0 Å². The van der Waals surface area contributed by atoms with Gasteiger partial charge in [0, 0.05) is 30.7 Å². The van der Waals surface area contributed by atoms with Crippen molar-refractivity contribution in [2.45, 2.75) is 13.5 Å². The zero-order valence-corrected chi connectivity index (χ0v) is 10.9. The van der Waals surface area contributed by atoms with E-state index in [0.717, 1.165) is 27.9 Å². The molecule has 0 aliphatic rings. The van der Waals surface area contributed by atoms with E-state index in [2.05, 4.69) is 43.4 Å². The second-order valence-corrected chi connectivity index (χ2v) is 4.72. The number of halogens is 1. The van der Waals surface area contributed by atoms with Gasteiger partial charge in [-0.3, -0.25) is 9.08 Å².